The van der Waals surface area contributed by atoms with Gasteiger partial charge in [0.15, 0.2) is 0 Å². The molecule has 0 aliphatic carbocycles. The second-order valence-electron chi connectivity index (χ2n) is 9.85. The van der Waals surface area contributed by atoms with Crippen LogP contribution >= 0.6 is 0 Å². The molecule has 0 saturated carbocycles. The first-order chi connectivity index (χ1) is 13.2. The Morgan fingerprint density at radius 3 is 1.90 bits per heavy atom. The van der Waals surface area contributed by atoms with Gasteiger partial charge in [-0.2, -0.15) is 9.57 Å². The molecule has 0 unspecified atom stereocenters. The van der Waals surface area contributed by atoms with Crippen LogP contribution in [-0.2, 0) is 15.4 Å². The van der Waals surface area contributed by atoms with Gasteiger partial charge in [-0.15, -0.1) is 0 Å². The average Bonchev–Trinajstić information content (AvgIpc) is 2.60. The summed E-state index contributed by atoms with van der Waals surface area (Å²) in [4.78, 5) is 2.37. The van der Waals surface area contributed by atoms with Crippen LogP contribution in [0.5, 0.6) is 0 Å². The Bertz CT molecular complexity index is 760. The normalized spacial score (nSPS) is 16.1. The van der Waals surface area contributed by atoms with Crippen molar-refractivity contribution in [2.75, 3.05) is 32.4 Å². The Labute approximate surface area is 178 Å². The number of sulfonamides is 1. The summed E-state index contributed by atoms with van der Waals surface area (Å²) in [6.07, 6.45) is 5.10. The molecule has 0 spiro atoms. The zero-order valence-electron chi connectivity index (χ0n) is 19.3. The van der Waals surface area contributed by atoms with Gasteiger partial charge < -0.3 is 4.90 Å². The molecule has 0 aromatic heterocycles. The fraction of sp³-hybridized carbons (Fsp3) is 0.696. The SMILES string of the molecule is CC(C)(C)N(CCN1CCCCC1)S(C)(=O)=O.CC(C)(C)c1ccc(C#N)cc1. The van der Waals surface area contributed by atoms with E-state index < -0.39 is 10.0 Å². The summed E-state index contributed by atoms with van der Waals surface area (Å²) in [5.41, 5.74) is 1.83. The molecule has 1 fully saturated rings. The largest absolute Gasteiger partial charge is 0.302 e. The molecule has 2 rings (SSSR count). The van der Waals surface area contributed by atoms with E-state index in [0.717, 1.165) is 25.2 Å². The highest BCUT2D eigenvalue weighted by Crippen LogP contribution is 2.22. The minimum absolute atomic E-state index is 0.175. The van der Waals surface area contributed by atoms with Gasteiger partial charge in [-0.3, -0.25) is 0 Å². The number of likely N-dealkylation sites (tertiary alicyclic amines) is 1. The van der Waals surface area contributed by atoms with Crippen LogP contribution in [0.25, 0.3) is 0 Å². The summed E-state index contributed by atoms with van der Waals surface area (Å²) in [6.45, 7) is 16.0. The Morgan fingerprint density at radius 1 is 1.00 bits per heavy atom. The highest BCUT2D eigenvalue weighted by atomic mass is 32.2. The zero-order chi connectivity index (χ0) is 22.3. The smallest absolute Gasteiger partial charge is 0.211 e. The van der Waals surface area contributed by atoms with Crippen molar-refractivity contribution < 1.29 is 8.42 Å². The molecule has 1 heterocycles. The predicted octanol–water partition coefficient (Wildman–Crippen LogP) is 4.39. The minimum Gasteiger partial charge on any atom is -0.302 e. The fourth-order valence-electron chi connectivity index (χ4n) is 3.46. The van der Waals surface area contributed by atoms with E-state index in [4.69, 9.17) is 5.26 Å². The minimum atomic E-state index is -3.12. The van der Waals surface area contributed by atoms with Gasteiger partial charge >= 0.3 is 0 Å². The molecule has 1 aliphatic heterocycles. The lowest BCUT2D eigenvalue weighted by atomic mass is 9.87. The molecular formula is C23H39N3O2S. The molecule has 1 saturated heterocycles. The average molecular weight is 422 g/mol. The highest BCUT2D eigenvalue weighted by molar-refractivity contribution is 7.88. The molecule has 29 heavy (non-hydrogen) atoms. The monoisotopic (exact) mass is 421 g/mol. The van der Waals surface area contributed by atoms with E-state index in [9.17, 15) is 8.42 Å². The van der Waals surface area contributed by atoms with Crippen molar-refractivity contribution in [2.24, 2.45) is 0 Å². The highest BCUT2D eigenvalue weighted by Gasteiger charge is 2.29. The topological polar surface area (TPSA) is 64.4 Å². The van der Waals surface area contributed by atoms with E-state index in [0.29, 0.717) is 6.54 Å². The van der Waals surface area contributed by atoms with Gasteiger partial charge in [0.1, 0.15) is 0 Å². The third-order valence-electron chi connectivity index (χ3n) is 5.10. The molecule has 1 aromatic carbocycles. The summed E-state index contributed by atoms with van der Waals surface area (Å²) < 4.78 is 25.1. The molecule has 0 amide bonds. The summed E-state index contributed by atoms with van der Waals surface area (Å²) in [5.74, 6) is 0. The van der Waals surface area contributed by atoms with Crippen molar-refractivity contribution in [3.63, 3.8) is 0 Å². The molecule has 1 aromatic rings. The molecule has 0 atom stereocenters. The van der Waals surface area contributed by atoms with Crippen LogP contribution in [0.15, 0.2) is 24.3 Å². The Balaban J connectivity index is 0.000000308. The molecular weight excluding hydrogens is 382 g/mol. The van der Waals surface area contributed by atoms with Crippen LogP contribution in [0, 0.1) is 11.3 Å². The summed E-state index contributed by atoms with van der Waals surface area (Å²) >= 11 is 0. The van der Waals surface area contributed by atoms with E-state index in [1.807, 2.05) is 45.0 Å². The molecule has 164 valence electrons. The van der Waals surface area contributed by atoms with Crippen molar-refractivity contribution >= 4 is 10.0 Å². The molecule has 6 heteroatoms. The standard InChI is InChI=1S/C12H26N2O2S.C11H13N/c1-12(2,3)14(17(4,15)16)11-10-13-8-6-5-7-9-13;1-11(2,3)10-6-4-9(8-12)5-7-10/h5-11H2,1-4H3;4-7H,1-3H3. The van der Waals surface area contributed by atoms with Crippen LogP contribution in [0.3, 0.4) is 0 Å². The van der Waals surface area contributed by atoms with Gasteiger partial charge in [0.25, 0.3) is 0 Å². The fourth-order valence-corrected chi connectivity index (χ4v) is 4.87. The zero-order valence-corrected chi connectivity index (χ0v) is 20.1. The molecule has 0 bridgehead atoms. The van der Waals surface area contributed by atoms with E-state index >= 15 is 0 Å². The lowest BCUT2D eigenvalue weighted by molar-refractivity contribution is 0.180. The van der Waals surface area contributed by atoms with E-state index in [-0.39, 0.29) is 11.0 Å². The second kappa shape index (κ2) is 10.6. The third-order valence-corrected chi connectivity index (χ3v) is 6.63. The van der Waals surface area contributed by atoms with Gasteiger partial charge in [0.2, 0.25) is 10.0 Å². The Kier molecular flexibility index (Phi) is 9.33. The van der Waals surface area contributed by atoms with Crippen LogP contribution in [-0.4, -0.2) is 55.6 Å². The summed E-state index contributed by atoms with van der Waals surface area (Å²) in [7, 11) is -3.12. The van der Waals surface area contributed by atoms with Crippen LogP contribution in [0.1, 0.15) is 71.9 Å². The van der Waals surface area contributed by atoms with Gasteiger partial charge in [-0.1, -0.05) is 39.3 Å². The number of piperidine rings is 1. The number of benzene rings is 1. The van der Waals surface area contributed by atoms with Crippen molar-refractivity contribution in [1.29, 1.82) is 5.26 Å². The van der Waals surface area contributed by atoms with Gasteiger partial charge in [0.05, 0.1) is 17.9 Å². The van der Waals surface area contributed by atoms with Gasteiger partial charge in [0, 0.05) is 18.6 Å². The number of rotatable bonds is 4. The van der Waals surface area contributed by atoms with Crippen molar-refractivity contribution in [3.05, 3.63) is 35.4 Å². The van der Waals surface area contributed by atoms with Crippen LogP contribution in [0.2, 0.25) is 0 Å². The number of hydrogen-bond donors (Lipinski definition) is 0. The maximum Gasteiger partial charge on any atom is 0.211 e. The molecule has 5 nitrogen and oxygen atoms in total. The van der Waals surface area contributed by atoms with Gasteiger partial charge in [-0.25, -0.2) is 8.42 Å². The maximum atomic E-state index is 11.8. The predicted molar refractivity (Wildman–Crippen MR) is 121 cm³/mol. The first-order valence-electron chi connectivity index (χ1n) is 10.5. The van der Waals surface area contributed by atoms with Crippen molar-refractivity contribution in [1.82, 2.24) is 9.21 Å². The first kappa shape index (κ1) is 25.6. The molecule has 0 radical (unpaired) electrons. The second-order valence-corrected chi connectivity index (χ2v) is 11.8. The lowest BCUT2D eigenvalue weighted by Gasteiger charge is -2.35. The lowest BCUT2D eigenvalue weighted by Crippen LogP contribution is -2.48. The van der Waals surface area contributed by atoms with Crippen molar-refractivity contribution in [3.8, 4) is 6.07 Å². The Morgan fingerprint density at radius 2 is 1.52 bits per heavy atom. The van der Waals surface area contributed by atoms with Gasteiger partial charge in [-0.05, 0) is 69.8 Å². The maximum absolute atomic E-state index is 11.8. The van der Waals surface area contributed by atoms with Crippen LogP contribution in [0.4, 0.5) is 0 Å². The first-order valence-corrected chi connectivity index (χ1v) is 12.3. The number of hydrogen-bond acceptors (Lipinski definition) is 4. The third kappa shape index (κ3) is 9.29. The summed E-state index contributed by atoms with van der Waals surface area (Å²) in [5, 5.41) is 8.58. The van der Waals surface area contributed by atoms with E-state index in [2.05, 4.69) is 31.7 Å². The number of nitrogens with zero attached hydrogens (tertiary/aromatic N) is 3. The van der Waals surface area contributed by atoms with Crippen molar-refractivity contribution in [2.45, 2.75) is 71.8 Å². The molecule has 0 N–H and O–H groups in total. The Hall–Kier alpha value is -1.42. The van der Waals surface area contributed by atoms with E-state index in [1.165, 1.54) is 31.1 Å². The number of nitriles is 1. The van der Waals surface area contributed by atoms with E-state index in [1.54, 1.807) is 4.31 Å². The summed E-state index contributed by atoms with van der Waals surface area (Å²) in [6, 6.07) is 9.85. The van der Waals surface area contributed by atoms with Crippen LogP contribution < -0.4 is 0 Å². The quantitative estimate of drug-likeness (QED) is 0.723. The molecule has 1 aliphatic rings.